The summed E-state index contributed by atoms with van der Waals surface area (Å²) < 4.78 is 0. The highest BCUT2D eigenvalue weighted by Gasteiger charge is 2.14. The quantitative estimate of drug-likeness (QED) is 0.787. The SMILES string of the molecule is CCC(CN)CC(=O)N[C@@H](C)c1ccccn1. The normalized spacial score (nSPS) is 14.1. The van der Waals surface area contributed by atoms with Crippen LogP contribution in [0.4, 0.5) is 0 Å². The van der Waals surface area contributed by atoms with Gasteiger partial charge in [-0.25, -0.2) is 0 Å². The van der Waals surface area contributed by atoms with Gasteiger partial charge in [-0.2, -0.15) is 0 Å². The summed E-state index contributed by atoms with van der Waals surface area (Å²) in [7, 11) is 0. The Bertz CT molecular complexity index is 336. The lowest BCUT2D eigenvalue weighted by Gasteiger charge is -2.16. The molecule has 1 aromatic rings. The topological polar surface area (TPSA) is 68.0 Å². The number of carbonyl (C=O) groups is 1. The van der Waals surface area contributed by atoms with Gasteiger partial charge in [-0.3, -0.25) is 9.78 Å². The fraction of sp³-hybridized carbons (Fsp3) is 0.538. The molecule has 0 bridgehead atoms. The van der Waals surface area contributed by atoms with Crippen molar-refractivity contribution in [3.63, 3.8) is 0 Å². The van der Waals surface area contributed by atoms with Gasteiger partial charge in [-0.05, 0) is 31.5 Å². The number of hydrogen-bond donors (Lipinski definition) is 2. The Kier molecular flexibility index (Phi) is 5.63. The highest BCUT2D eigenvalue weighted by molar-refractivity contribution is 5.76. The summed E-state index contributed by atoms with van der Waals surface area (Å²) in [5.74, 6) is 0.311. The number of pyridine rings is 1. The van der Waals surface area contributed by atoms with Gasteiger partial charge in [0.1, 0.15) is 0 Å². The Morgan fingerprint density at radius 1 is 1.53 bits per heavy atom. The Hall–Kier alpha value is -1.42. The first-order valence-electron chi connectivity index (χ1n) is 6.07. The van der Waals surface area contributed by atoms with Crippen LogP contribution in [0.25, 0.3) is 0 Å². The summed E-state index contributed by atoms with van der Waals surface area (Å²) in [6, 6.07) is 5.63. The lowest BCUT2D eigenvalue weighted by atomic mass is 10.0. The molecular weight excluding hydrogens is 214 g/mol. The van der Waals surface area contributed by atoms with Gasteiger partial charge >= 0.3 is 0 Å². The second-order valence-electron chi connectivity index (χ2n) is 4.26. The van der Waals surface area contributed by atoms with E-state index in [2.05, 4.69) is 10.3 Å². The molecule has 3 N–H and O–H groups in total. The molecule has 0 fully saturated rings. The predicted molar refractivity (Wildman–Crippen MR) is 68.2 cm³/mol. The number of hydrogen-bond acceptors (Lipinski definition) is 3. The lowest BCUT2D eigenvalue weighted by molar-refractivity contribution is -0.122. The van der Waals surface area contributed by atoms with Gasteiger partial charge in [-0.15, -0.1) is 0 Å². The fourth-order valence-electron chi connectivity index (χ4n) is 1.66. The van der Waals surface area contributed by atoms with Crippen molar-refractivity contribution in [2.24, 2.45) is 11.7 Å². The van der Waals surface area contributed by atoms with E-state index in [1.165, 1.54) is 0 Å². The summed E-state index contributed by atoms with van der Waals surface area (Å²) >= 11 is 0. The molecule has 1 unspecified atom stereocenters. The van der Waals surface area contributed by atoms with Crippen molar-refractivity contribution in [1.29, 1.82) is 0 Å². The Balaban J connectivity index is 2.46. The van der Waals surface area contributed by atoms with Gasteiger partial charge in [0.25, 0.3) is 0 Å². The average Bonchev–Trinajstić information content (AvgIpc) is 2.37. The van der Waals surface area contributed by atoms with E-state index < -0.39 is 0 Å². The van der Waals surface area contributed by atoms with Crippen LogP contribution in [0.15, 0.2) is 24.4 Å². The number of nitrogens with zero attached hydrogens (tertiary/aromatic N) is 1. The van der Waals surface area contributed by atoms with Crippen molar-refractivity contribution in [2.75, 3.05) is 6.54 Å². The first-order chi connectivity index (χ1) is 8.17. The molecule has 0 aromatic carbocycles. The molecule has 0 aliphatic rings. The van der Waals surface area contributed by atoms with Crippen LogP contribution in [0.2, 0.25) is 0 Å². The fourth-order valence-corrected chi connectivity index (χ4v) is 1.66. The van der Waals surface area contributed by atoms with E-state index >= 15 is 0 Å². The van der Waals surface area contributed by atoms with Crippen molar-refractivity contribution in [3.05, 3.63) is 30.1 Å². The molecule has 4 heteroatoms. The average molecular weight is 235 g/mol. The molecular formula is C13H21N3O. The van der Waals surface area contributed by atoms with Crippen LogP contribution in [-0.2, 0) is 4.79 Å². The second-order valence-corrected chi connectivity index (χ2v) is 4.26. The maximum atomic E-state index is 11.8. The zero-order valence-electron chi connectivity index (χ0n) is 10.5. The van der Waals surface area contributed by atoms with Crippen molar-refractivity contribution >= 4 is 5.91 Å². The third kappa shape index (κ3) is 4.53. The highest BCUT2D eigenvalue weighted by Crippen LogP contribution is 2.10. The molecule has 0 radical (unpaired) electrons. The van der Waals surface area contributed by atoms with Crippen molar-refractivity contribution in [3.8, 4) is 0 Å². The molecule has 0 spiro atoms. The summed E-state index contributed by atoms with van der Waals surface area (Å²) in [6.45, 7) is 4.54. The first-order valence-corrected chi connectivity index (χ1v) is 6.07. The van der Waals surface area contributed by atoms with E-state index in [0.29, 0.717) is 13.0 Å². The summed E-state index contributed by atoms with van der Waals surface area (Å²) in [4.78, 5) is 16.0. The van der Waals surface area contributed by atoms with Crippen molar-refractivity contribution in [1.82, 2.24) is 10.3 Å². The van der Waals surface area contributed by atoms with Crippen LogP contribution in [0.5, 0.6) is 0 Å². The third-order valence-electron chi connectivity index (χ3n) is 2.89. The number of nitrogens with two attached hydrogens (primary N) is 1. The second kappa shape index (κ2) is 7.01. The van der Waals surface area contributed by atoms with Crippen molar-refractivity contribution < 1.29 is 4.79 Å². The van der Waals surface area contributed by atoms with E-state index in [4.69, 9.17) is 5.73 Å². The van der Waals surface area contributed by atoms with E-state index in [1.54, 1.807) is 6.20 Å². The van der Waals surface area contributed by atoms with Gasteiger partial charge in [0.15, 0.2) is 0 Å². The van der Waals surface area contributed by atoms with Crippen LogP contribution < -0.4 is 11.1 Å². The van der Waals surface area contributed by atoms with Crippen LogP contribution in [-0.4, -0.2) is 17.4 Å². The minimum absolute atomic E-state index is 0.0421. The standard InChI is InChI=1S/C13H21N3O/c1-3-11(9-14)8-13(17)16-10(2)12-6-4-5-7-15-12/h4-7,10-11H,3,8-9,14H2,1-2H3,(H,16,17)/t10-,11?/m0/s1. The van der Waals surface area contributed by atoms with Gasteiger partial charge in [0, 0.05) is 12.6 Å². The highest BCUT2D eigenvalue weighted by atomic mass is 16.1. The number of rotatable bonds is 6. The maximum absolute atomic E-state index is 11.8. The van der Waals surface area contributed by atoms with Crippen LogP contribution >= 0.6 is 0 Å². The summed E-state index contributed by atoms with van der Waals surface area (Å²) in [6.07, 6.45) is 3.15. The Morgan fingerprint density at radius 3 is 2.82 bits per heavy atom. The van der Waals surface area contributed by atoms with Gasteiger partial charge in [-0.1, -0.05) is 19.4 Å². The van der Waals surface area contributed by atoms with Crippen molar-refractivity contribution in [2.45, 2.75) is 32.7 Å². The van der Waals surface area contributed by atoms with Crippen LogP contribution in [0.1, 0.15) is 38.4 Å². The lowest BCUT2D eigenvalue weighted by Crippen LogP contribution is -2.30. The molecule has 4 nitrogen and oxygen atoms in total. The summed E-state index contributed by atoms with van der Waals surface area (Å²) in [5, 5.41) is 2.94. The Labute approximate surface area is 103 Å². The molecule has 1 rings (SSSR count). The molecule has 1 aromatic heterocycles. The number of amides is 1. The van der Waals surface area contributed by atoms with E-state index in [1.807, 2.05) is 32.0 Å². The zero-order chi connectivity index (χ0) is 12.7. The van der Waals surface area contributed by atoms with E-state index in [0.717, 1.165) is 12.1 Å². The molecule has 0 saturated heterocycles. The van der Waals surface area contributed by atoms with Crippen LogP contribution in [0.3, 0.4) is 0 Å². The van der Waals surface area contributed by atoms with Gasteiger partial charge in [0.2, 0.25) is 5.91 Å². The van der Waals surface area contributed by atoms with E-state index in [9.17, 15) is 4.79 Å². The molecule has 2 atom stereocenters. The number of aromatic nitrogens is 1. The molecule has 94 valence electrons. The number of nitrogens with one attached hydrogen (secondary N) is 1. The molecule has 0 saturated carbocycles. The molecule has 1 amide bonds. The third-order valence-corrected chi connectivity index (χ3v) is 2.89. The minimum atomic E-state index is -0.0565. The largest absolute Gasteiger partial charge is 0.348 e. The van der Waals surface area contributed by atoms with Crippen LogP contribution in [0, 0.1) is 5.92 Å². The Morgan fingerprint density at radius 2 is 2.29 bits per heavy atom. The van der Waals surface area contributed by atoms with Gasteiger partial charge < -0.3 is 11.1 Å². The monoisotopic (exact) mass is 235 g/mol. The zero-order valence-corrected chi connectivity index (χ0v) is 10.5. The van der Waals surface area contributed by atoms with E-state index in [-0.39, 0.29) is 17.9 Å². The maximum Gasteiger partial charge on any atom is 0.220 e. The number of carbonyl (C=O) groups excluding carboxylic acids is 1. The molecule has 17 heavy (non-hydrogen) atoms. The minimum Gasteiger partial charge on any atom is -0.348 e. The predicted octanol–water partition coefficient (Wildman–Crippen LogP) is 1.63. The molecule has 1 heterocycles. The molecule has 0 aliphatic carbocycles. The smallest absolute Gasteiger partial charge is 0.220 e. The summed E-state index contributed by atoms with van der Waals surface area (Å²) in [5.41, 5.74) is 6.46. The first kappa shape index (κ1) is 13.6. The van der Waals surface area contributed by atoms with Gasteiger partial charge in [0.05, 0.1) is 11.7 Å². The molecule has 0 aliphatic heterocycles.